The van der Waals surface area contributed by atoms with Crippen LogP contribution in [0.5, 0.6) is 0 Å². The third-order valence-corrected chi connectivity index (χ3v) is 3.71. The Bertz CT molecular complexity index is 207. The standard InChI is InChI=1S/C18H36O2/c1-5-9-11-12-13-14-15-17-18(19-7-3,20-8-4)16-10-6-2/h6H,2,5,7-17H2,1,3-4H3. The number of unbranched alkanes of at least 4 members (excludes halogenated alkanes) is 6. The topological polar surface area (TPSA) is 18.5 Å². The lowest BCUT2D eigenvalue weighted by Crippen LogP contribution is -2.36. The lowest BCUT2D eigenvalue weighted by molar-refractivity contribution is -0.240. The van der Waals surface area contributed by atoms with Crippen LogP contribution >= 0.6 is 0 Å². The van der Waals surface area contributed by atoms with Crippen molar-refractivity contribution in [1.82, 2.24) is 0 Å². The van der Waals surface area contributed by atoms with E-state index < -0.39 is 0 Å². The Morgan fingerprint density at radius 3 is 1.85 bits per heavy atom. The molecule has 0 aromatic heterocycles. The van der Waals surface area contributed by atoms with Gasteiger partial charge in [-0.15, -0.1) is 6.58 Å². The summed E-state index contributed by atoms with van der Waals surface area (Å²) in [6.07, 6.45) is 14.1. The largest absolute Gasteiger partial charge is 0.350 e. The van der Waals surface area contributed by atoms with Gasteiger partial charge >= 0.3 is 0 Å². The summed E-state index contributed by atoms with van der Waals surface area (Å²) in [7, 11) is 0. The van der Waals surface area contributed by atoms with Gasteiger partial charge in [-0.1, -0.05) is 51.5 Å². The predicted octanol–water partition coefficient (Wildman–Crippen LogP) is 5.86. The van der Waals surface area contributed by atoms with Crippen LogP contribution in [0.2, 0.25) is 0 Å². The first-order valence-electron chi connectivity index (χ1n) is 8.63. The molecule has 2 heteroatoms. The van der Waals surface area contributed by atoms with Crippen LogP contribution in [0.4, 0.5) is 0 Å². The Hall–Kier alpha value is -0.340. The minimum atomic E-state index is -0.374. The fraction of sp³-hybridized carbons (Fsp3) is 0.889. The SMILES string of the molecule is C=CCCC(CCCCCCCCC)(OCC)OCC. The van der Waals surface area contributed by atoms with Crippen LogP contribution in [0.1, 0.15) is 85.0 Å². The molecule has 0 saturated carbocycles. The van der Waals surface area contributed by atoms with Gasteiger partial charge in [0, 0.05) is 26.1 Å². The smallest absolute Gasteiger partial charge is 0.168 e. The summed E-state index contributed by atoms with van der Waals surface area (Å²) in [5.74, 6) is -0.374. The number of rotatable bonds is 15. The van der Waals surface area contributed by atoms with E-state index in [1.165, 1.54) is 44.9 Å². The number of hydrogen-bond donors (Lipinski definition) is 0. The first-order valence-corrected chi connectivity index (χ1v) is 8.63. The van der Waals surface area contributed by atoms with Crippen molar-refractivity contribution in [2.45, 2.75) is 90.8 Å². The van der Waals surface area contributed by atoms with E-state index in [0.29, 0.717) is 13.2 Å². The van der Waals surface area contributed by atoms with Gasteiger partial charge in [0.25, 0.3) is 0 Å². The molecule has 0 rings (SSSR count). The van der Waals surface area contributed by atoms with E-state index in [1.807, 2.05) is 19.9 Å². The van der Waals surface area contributed by atoms with Crippen molar-refractivity contribution < 1.29 is 9.47 Å². The van der Waals surface area contributed by atoms with Crippen LogP contribution in [0.3, 0.4) is 0 Å². The van der Waals surface area contributed by atoms with Crippen LogP contribution in [0.25, 0.3) is 0 Å². The van der Waals surface area contributed by atoms with Gasteiger partial charge in [-0.25, -0.2) is 0 Å². The summed E-state index contributed by atoms with van der Waals surface area (Å²) >= 11 is 0. The van der Waals surface area contributed by atoms with E-state index in [0.717, 1.165) is 19.3 Å². The molecule has 0 aliphatic rings. The van der Waals surface area contributed by atoms with Gasteiger partial charge in [0.1, 0.15) is 0 Å². The summed E-state index contributed by atoms with van der Waals surface area (Å²) in [4.78, 5) is 0. The van der Waals surface area contributed by atoms with Crippen LogP contribution in [-0.4, -0.2) is 19.0 Å². The lowest BCUT2D eigenvalue weighted by atomic mass is 10.0. The van der Waals surface area contributed by atoms with Gasteiger partial charge in [0.15, 0.2) is 5.79 Å². The van der Waals surface area contributed by atoms with Gasteiger partial charge in [-0.05, 0) is 26.7 Å². The molecule has 20 heavy (non-hydrogen) atoms. The average molecular weight is 284 g/mol. The first-order chi connectivity index (χ1) is 9.74. The normalized spacial score (nSPS) is 11.8. The average Bonchev–Trinajstić information content (AvgIpc) is 2.45. The number of ether oxygens (including phenoxy) is 2. The first kappa shape index (κ1) is 19.7. The summed E-state index contributed by atoms with van der Waals surface area (Å²) in [5, 5.41) is 0. The fourth-order valence-corrected chi connectivity index (χ4v) is 2.65. The molecule has 0 fully saturated rings. The minimum absolute atomic E-state index is 0.374. The van der Waals surface area contributed by atoms with Crippen LogP contribution < -0.4 is 0 Å². The highest BCUT2D eigenvalue weighted by atomic mass is 16.7. The van der Waals surface area contributed by atoms with E-state index in [2.05, 4.69) is 13.5 Å². The molecule has 0 spiro atoms. The summed E-state index contributed by atoms with van der Waals surface area (Å²) in [6, 6.07) is 0. The van der Waals surface area contributed by atoms with Crippen molar-refractivity contribution in [2.24, 2.45) is 0 Å². The van der Waals surface area contributed by atoms with E-state index in [-0.39, 0.29) is 5.79 Å². The van der Waals surface area contributed by atoms with Gasteiger partial charge in [-0.3, -0.25) is 0 Å². The third kappa shape index (κ3) is 9.55. The zero-order valence-electron chi connectivity index (χ0n) is 14.1. The maximum absolute atomic E-state index is 5.95. The maximum Gasteiger partial charge on any atom is 0.168 e. The second-order valence-corrected chi connectivity index (χ2v) is 5.48. The Labute approximate surface area is 126 Å². The molecular weight excluding hydrogens is 248 g/mol. The Kier molecular flexibility index (Phi) is 13.4. The molecule has 0 amide bonds. The summed E-state index contributed by atoms with van der Waals surface area (Å²) in [6.45, 7) is 11.6. The van der Waals surface area contributed by atoms with Crippen molar-refractivity contribution in [1.29, 1.82) is 0 Å². The molecule has 0 aromatic carbocycles. The third-order valence-electron chi connectivity index (χ3n) is 3.71. The molecule has 0 atom stereocenters. The second-order valence-electron chi connectivity index (χ2n) is 5.48. The van der Waals surface area contributed by atoms with E-state index in [4.69, 9.17) is 9.47 Å². The molecule has 0 unspecified atom stereocenters. The van der Waals surface area contributed by atoms with Gasteiger partial charge in [0.05, 0.1) is 0 Å². The molecule has 0 radical (unpaired) electrons. The van der Waals surface area contributed by atoms with Crippen molar-refractivity contribution >= 4 is 0 Å². The highest BCUT2D eigenvalue weighted by molar-refractivity contribution is 4.77. The number of hydrogen-bond acceptors (Lipinski definition) is 2. The van der Waals surface area contributed by atoms with Gasteiger partial charge in [0.2, 0.25) is 0 Å². The Morgan fingerprint density at radius 1 is 0.800 bits per heavy atom. The Balaban J connectivity index is 4.02. The molecule has 0 bridgehead atoms. The van der Waals surface area contributed by atoms with Gasteiger partial charge < -0.3 is 9.47 Å². The van der Waals surface area contributed by atoms with Crippen molar-refractivity contribution in [2.75, 3.05) is 13.2 Å². The maximum atomic E-state index is 5.95. The summed E-state index contributed by atoms with van der Waals surface area (Å²) in [5.41, 5.74) is 0. The molecule has 120 valence electrons. The molecule has 0 aromatic rings. The minimum Gasteiger partial charge on any atom is -0.350 e. The highest BCUT2D eigenvalue weighted by Crippen LogP contribution is 2.27. The van der Waals surface area contributed by atoms with Crippen LogP contribution in [0.15, 0.2) is 12.7 Å². The monoisotopic (exact) mass is 284 g/mol. The molecule has 0 N–H and O–H groups in total. The quantitative estimate of drug-likeness (QED) is 0.213. The second kappa shape index (κ2) is 13.6. The molecule has 0 aliphatic heterocycles. The van der Waals surface area contributed by atoms with Crippen LogP contribution in [-0.2, 0) is 9.47 Å². The van der Waals surface area contributed by atoms with E-state index >= 15 is 0 Å². The molecular formula is C18H36O2. The van der Waals surface area contributed by atoms with E-state index in [9.17, 15) is 0 Å². The Morgan fingerprint density at radius 2 is 1.35 bits per heavy atom. The van der Waals surface area contributed by atoms with Crippen molar-refractivity contribution in [3.05, 3.63) is 12.7 Å². The van der Waals surface area contributed by atoms with E-state index in [1.54, 1.807) is 0 Å². The molecule has 0 heterocycles. The zero-order chi connectivity index (χ0) is 15.1. The van der Waals surface area contributed by atoms with Crippen LogP contribution in [0, 0.1) is 0 Å². The molecule has 0 aliphatic carbocycles. The molecule has 0 saturated heterocycles. The number of allylic oxidation sites excluding steroid dienone is 1. The van der Waals surface area contributed by atoms with Gasteiger partial charge in [-0.2, -0.15) is 0 Å². The van der Waals surface area contributed by atoms with Crippen molar-refractivity contribution in [3.8, 4) is 0 Å². The molecule has 2 nitrogen and oxygen atoms in total. The fourth-order valence-electron chi connectivity index (χ4n) is 2.65. The predicted molar refractivity (Wildman–Crippen MR) is 88.0 cm³/mol. The zero-order valence-corrected chi connectivity index (χ0v) is 14.1. The highest BCUT2D eigenvalue weighted by Gasteiger charge is 2.29. The van der Waals surface area contributed by atoms with Crippen molar-refractivity contribution in [3.63, 3.8) is 0 Å². The lowest BCUT2D eigenvalue weighted by Gasteiger charge is -2.33. The summed E-state index contributed by atoms with van der Waals surface area (Å²) < 4.78 is 11.9.